The van der Waals surface area contributed by atoms with Crippen LogP contribution in [0, 0.1) is 0 Å². The number of nitrogens with two attached hydrogens (primary N) is 1. The molecule has 0 atom stereocenters. The standard InChI is InChI=1S/C12H10BrN3O2S2/c13-10-7-15-5-4-11(10)16-20(17,18)9-3-1-2-8(6-9)12(14)19/h1-7H,(H2,14,19)(H,15,16). The van der Waals surface area contributed by atoms with Crippen LogP contribution in [-0.4, -0.2) is 18.4 Å². The van der Waals surface area contributed by atoms with E-state index in [0.717, 1.165) is 0 Å². The number of thiocarbonyl (C=S) groups is 1. The summed E-state index contributed by atoms with van der Waals surface area (Å²) in [7, 11) is -3.71. The number of rotatable bonds is 4. The molecule has 0 aliphatic rings. The molecule has 2 rings (SSSR count). The fourth-order valence-corrected chi connectivity index (χ4v) is 3.21. The molecule has 0 saturated heterocycles. The van der Waals surface area contributed by atoms with E-state index in [1.54, 1.807) is 18.2 Å². The number of aromatic nitrogens is 1. The lowest BCUT2D eigenvalue weighted by atomic mass is 10.2. The number of hydrogen-bond donors (Lipinski definition) is 2. The first kappa shape index (κ1) is 14.9. The number of halogens is 1. The molecule has 8 heteroatoms. The van der Waals surface area contributed by atoms with Crippen LogP contribution in [0.25, 0.3) is 0 Å². The Bertz CT molecular complexity index is 763. The third-order valence-electron chi connectivity index (χ3n) is 2.45. The molecule has 0 amide bonds. The molecule has 0 fully saturated rings. The molecule has 0 unspecified atom stereocenters. The first-order chi connectivity index (χ1) is 9.40. The minimum absolute atomic E-state index is 0.0894. The maximum absolute atomic E-state index is 12.3. The highest BCUT2D eigenvalue weighted by molar-refractivity contribution is 9.10. The monoisotopic (exact) mass is 371 g/mol. The molecule has 2 aromatic rings. The first-order valence-corrected chi connectivity index (χ1v) is 8.11. The van der Waals surface area contributed by atoms with E-state index in [4.69, 9.17) is 18.0 Å². The van der Waals surface area contributed by atoms with Crippen molar-refractivity contribution in [2.75, 3.05) is 4.72 Å². The summed E-state index contributed by atoms with van der Waals surface area (Å²) in [6.45, 7) is 0. The van der Waals surface area contributed by atoms with Crippen molar-refractivity contribution in [1.29, 1.82) is 0 Å². The smallest absolute Gasteiger partial charge is 0.261 e. The summed E-state index contributed by atoms with van der Waals surface area (Å²) in [6, 6.07) is 7.70. The molecular formula is C12H10BrN3O2S2. The molecule has 104 valence electrons. The number of nitrogens with zero attached hydrogens (tertiary/aromatic N) is 1. The zero-order valence-corrected chi connectivity index (χ0v) is 13.3. The summed E-state index contributed by atoms with van der Waals surface area (Å²) in [5.41, 5.74) is 6.40. The van der Waals surface area contributed by atoms with Crippen molar-refractivity contribution in [2.45, 2.75) is 4.90 Å². The Hall–Kier alpha value is -1.51. The fourth-order valence-electron chi connectivity index (χ4n) is 1.48. The van der Waals surface area contributed by atoms with Gasteiger partial charge in [-0.25, -0.2) is 8.42 Å². The van der Waals surface area contributed by atoms with Gasteiger partial charge >= 0.3 is 0 Å². The predicted molar refractivity (Wildman–Crippen MR) is 85.1 cm³/mol. The van der Waals surface area contributed by atoms with Crippen LogP contribution in [0.2, 0.25) is 0 Å². The molecule has 3 N–H and O–H groups in total. The molecule has 0 aliphatic heterocycles. The van der Waals surface area contributed by atoms with Gasteiger partial charge in [-0.05, 0) is 34.1 Å². The molecule has 1 aromatic carbocycles. The van der Waals surface area contributed by atoms with E-state index in [0.29, 0.717) is 15.7 Å². The van der Waals surface area contributed by atoms with Crippen LogP contribution in [0.5, 0.6) is 0 Å². The van der Waals surface area contributed by atoms with Gasteiger partial charge in [0, 0.05) is 18.0 Å². The number of benzene rings is 1. The van der Waals surface area contributed by atoms with E-state index in [1.165, 1.54) is 24.5 Å². The maximum Gasteiger partial charge on any atom is 0.261 e. The number of sulfonamides is 1. The average molecular weight is 372 g/mol. The fraction of sp³-hybridized carbons (Fsp3) is 0. The van der Waals surface area contributed by atoms with E-state index in [9.17, 15) is 8.42 Å². The van der Waals surface area contributed by atoms with Crippen LogP contribution < -0.4 is 10.5 Å². The second-order valence-electron chi connectivity index (χ2n) is 3.85. The van der Waals surface area contributed by atoms with Crippen LogP contribution >= 0.6 is 28.1 Å². The molecule has 1 heterocycles. The Morgan fingerprint density at radius 2 is 2.10 bits per heavy atom. The van der Waals surface area contributed by atoms with Crippen LogP contribution in [-0.2, 0) is 10.0 Å². The highest BCUT2D eigenvalue weighted by atomic mass is 79.9. The number of nitrogens with one attached hydrogen (secondary N) is 1. The van der Waals surface area contributed by atoms with Gasteiger partial charge in [0.05, 0.1) is 15.1 Å². The molecule has 20 heavy (non-hydrogen) atoms. The number of pyridine rings is 1. The first-order valence-electron chi connectivity index (χ1n) is 5.42. The van der Waals surface area contributed by atoms with Crippen molar-refractivity contribution in [2.24, 2.45) is 5.73 Å². The van der Waals surface area contributed by atoms with Crippen molar-refractivity contribution in [3.63, 3.8) is 0 Å². The lowest BCUT2D eigenvalue weighted by Gasteiger charge is -2.10. The normalized spacial score (nSPS) is 11.1. The summed E-state index contributed by atoms with van der Waals surface area (Å²) in [5.74, 6) is 0. The van der Waals surface area contributed by atoms with Gasteiger partial charge < -0.3 is 5.73 Å². The summed E-state index contributed by atoms with van der Waals surface area (Å²) in [5, 5.41) is 0. The Balaban J connectivity index is 2.38. The zero-order chi connectivity index (χ0) is 14.8. The third kappa shape index (κ3) is 3.33. The minimum atomic E-state index is -3.71. The highest BCUT2D eigenvalue weighted by Gasteiger charge is 2.16. The van der Waals surface area contributed by atoms with Crippen molar-refractivity contribution < 1.29 is 8.42 Å². The van der Waals surface area contributed by atoms with Crippen LogP contribution in [0.1, 0.15) is 5.56 Å². The van der Waals surface area contributed by atoms with Gasteiger partial charge in [-0.3, -0.25) is 9.71 Å². The molecule has 0 spiro atoms. The lowest BCUT2D eigenvalue weighted by Crippen LogP contribution is -2.15. The molecule has 0 radical (unpaired) electrons. The van der Waals surface area contributed by atoms with Crippen LogP contribution in [0.15, 0.2) is 52.1 Å². The van der Waals surface area contributed by atoms with E-state index in [-0.39, 0.29) is 9.88 Å². The Morgan fingerprint density at radius 1 is 1.35 bits per heavy atom. The van der Waals surface area contributed by atoms with Crippen molar-refractivity contribution in [3.05, 3.63) is 52.8 Å². The molecule has 0 aliphatic carbocycles. The van der Waals surface area contributed by atoms with E-state index in [2.05, 4.69) is 25.6 Å². The Morgan fingerprint density at radius 3 is 2.75 bits per heavy atom. The summed E-state index contributed by atoms with van der Waals surface area (Å²) < 4.78 is 27.6. The molecule has 0 bridgehead atoms. The van der Waals surface area contributed by atoms with Gasteiger partial charge in [0.1, 0.15) is 4.99 Å². The third-order valence-corrected chi connectivity index (χ3v) is 4.68. The van der Waals surface area contributed by atoms with Gasteiger partial charge in [-0.2, -0.15) is 0 Å². The van der Waals surface area contributed by atoms with Gasteiger partial charge in [0.25, 0.3) is 10.0 Å². The molecular weight excluding hydrogens is 362 g/mol. The number of anilines is 1. The predicted octanol–water partition coefficient (Wildman–Crippen LogP) is 2.28. The zero-order valence-electron chi connectivity index (χ0n) is 10.1. The van der Waals surface area contributed by atoms with E-state index < -0.39 is 10.0 Å². The topological polar surface area (TPSA) is 85.1 Å². The van der Waals surface area contributed by atoms with Crippen LogP contribution in [0.4, 0.5) is 5.69 Å². The summed E-state index contributed by atoms with van der Waals surface area (Å²) in [6.07, 6.45) is 3.00. The Labute approximate surface area is 130 Å². The molecule has 1 aromatic heterocycles. The van der Waals surface area contributed by atoms with Crippen LogP contribution in [0.3, 0.4) is 0 Å². The van der Waals surface area contributed by atoms with Crippen molar-refractivity contribution >= 4 is 48.8 Å². The summed E-state index contributed by atoms with van der Waals surface area (Å²) >= 11 is 8.07. The number of hydrogen-bond acceptors (Lipinski definition) is 4. The molecule has 0 saturated carbocycles. The second-order valence-corrected chi connectivity index (χ2v) is 6.83. The maximum atomic E-state index is 12.3. The van der Waals surface area contributed by atoms with Gasteiger partial charge in [0.15, 0.2) is 0 Å². The van der Waals surface area contributed by atoms with Gasteiger partial charge in [-0.15, -0.1) is 0 Å². The Kier molecular flexibility index (Phi) is 4.36. The molecule has 5 nitrogen and oxygen atoms in total. The lowest BCUT2D eigenvalue weighted by molar-refractivity contribution is 0.601. The van der Waals surface area contributed by atoms with Gasteiger partial charge in [0.2, 0.25) is 0 Å². The van der Waals surface area contributed by atoms with E-state index >= 15 is 0 Å². The van der Waals surface area contributed by atoms with Crippen molar-refractivity contribution in [3.8, 4) is 0 Å². The van der Waals surface area contributed by atoms with Gasteiger partial charge in [-0.1, -0.05) is 24.4 Å². The van der Waals surface area contributed by atoms with E-state index in [1.807, 2.05) is 0 Å². The quantitative estimate of drug-likeness (QED) is 0.805. The second kappa shape index (κ2) is 5.86. The highest BCUT2D eigenvalue weighted by Crippen LogP contribution is 2.23. The summed E-state index contributed by atoms with van der Waals surface area (Å²) in [4.78, 5) is 4.10. The van der Waals surface area contributed by atoms with Crippen molar-refractivity contribution in [1.82, 2.24) is 4.98 Å². The average Bonchev–Trinajstić information content (AvgIpc) is 2.41. The largest absolute Gasteiger partial charge is 0.389 e. The minimum Gasteiger partial charge on any atom is -0.389 e. The SMILES string of the molecule is NC(=S)c1cccc(S(=O)(=O)Nc2ccncc2Br)c1.